The minimum Gasteiger partial charge on any atom is -0.370 e. The summed E-state index contributed by atoms with van der Waals surface area (Å²) in [6.45, 7) is 5.24. The second-order valence-electron chi connectivity index (χ2n) is 4.67. The van der Waals surface area contributed by atoms with E-state index in [9.17, 15) is 0 Å². The lowest BCUT2D eigenvalue weighted by Crippen LogP contribution is -2.32. The van der Waals surface area contributed by atoms with Gasteiger partial charge in [-0.3, -0.25) is 0 Å². The van der Waals surface area contributed by atoms with Crippen LogP contribution >= 0.6 is 11.6 Å². The number of hydrogen-bond donors (Lipinski definition) is 2. The van der Waals surface area contributed by atoms with Gasteiger partial charge in [-0.05, 0) is 19.4 Å². The molecule has 2 aromatic rings. The van der Waals surface area contributed by atoms with Gasteiger partial charge in [-0.15, -0.1) is 0 Å². The van der Waals surface area contributed by atoms with Crippen molar-refractivity contribution in [2.75, 3.05) is 6.54 Å². The summed E-state index contributed by atoms with van der Waals surface area (Å²) in [5.41, 5.74) is 7.64. The van der Waals surface area contributed by atoms with Crippen LogP contribution in [0.1, 0.15) is 24.6 Å². The van der Waals surface area contributed by atoms with Gasteiger partial charge >= 0.3 is 0 Å². The third kappa shape index (κ3) is 4.19. The van der Waals surface area contributed by atoms with Crippen molar-refractivity contribution in [2.24, 2.45) is 10.7 Å². The first-order valence-electron chi connectivity index (χ1n) is 6.81. The highest BCUT2D eigenvalue weighted by atomic mass is 35.5. The molecule has 0 spiro atoms. The van der Waals surface area contributed by atoms with E-state index in [4.69, 9.17) is 17.3 Å². The summed E-state index contributed by atoms with van der Waals surface area (Å²) in [5.74, 6) is 1.15. The number of halogens is 1. The highest BCUT2D eigenvalue weighted by molar-refractivity contribution is 6.30. The van der Waals surface area contributed by atoms with Gasteiger partial charge in [0.15, 0.2) is 11.8 Å². The Balaban J connectivity index is 2.23. The van der Waals surface area contributed by atoms with Gasteiger partial charge in [0, 0.05) is 17.8 Å². The Bertz CT molecular complexity index is 634. The zero-order valence-corrected chi connectivity index (χ0v) is 12.9. The molecule has 2 rings (SSSR count). The molecule has 0 aliphatic heterocycles. The van der Waals surface area contributed by atoms with Gasteiger partial charge in [0.25, 0.3) is 0 Å². The molecule has 0 aliphatic rings. The molecule has 0 saturated heterocycles. The minimum atomic E-state index is 0.432. The summed E-state index contributed by atoms with van der Waals surface area (Å²) in [7, 11) is 0. The van der Waals surface area contributed by atoms with Crippen molar-refractivity contribution in [3.63, 3.8) is 0 Å². The van der Waals surface area contributed by atoms with Gasteiger partial charge < -0.3 is 11.1 Å². The Morgan fingerprint density at radius 2 is 2.29 bits per heavy atom. The second kappa shape index (κ2) is 7.08. The van der Waals surface area contributed by atoms with Crippen molar-refractivity contribution in [3.8, 4) is 5.82 Å². The first-order valence-corrected chi connectivity index (χ1v) is 7.18. The van der Waals surface area contributed by atoms with E-state index in [1.165, 1.54) is 0 Å². The van der Waals surface area contributed by atoms with Gasteiger partial charge in [-0.2, -0.15) is 5.10 Å². The number of aryl methyl sites for hydroxylation is 1. The average molecular weight is 307 g/mol. The van der Waals surface area contributed by atoms with Crippen LogP contribution in [0.4, 0.5) is 0 Å². The van der Waals surface area contributed by atoms with Gasteiger partial charge in [-0.1, -0.05) is 24.6 Å². The molecule has 2 heterocycles. The largest absolute Gasteiger partial charge is 0.370 e. The highest BCUT2D eigenvalue weighted by Crippen LogP contribution is 2.16. The fraction of sp³-hybridized carbons (Fsp3) is 0.357. The number of rotatable bonds is 5. The number of nitrogens with two attached hydrogens (primary N) is 1. The topological polar surface area (TPSA) is 81.1 Å². The van der Waals surface area contributed by atoms with Crippen LogP contribution in [0, 0.1) is 6.92 Å². The molecule has 0 radical (unpaired) electrons. The smallest absolute Gasteiger partial charge is 0.188 e. The van der Waals surface area contributed by atoms with Gasteiger partial charge in [-0.25, -0.2) is 14.7 Å². The van der Waals surface area contributed by atoms with E-state index in [1.54, 1.807) is 17.1 Å². The molecule has 0 saturated carbocycles. The summed E-state index contributed by atoms with van der Waals surface area (Å²) in [6.07, 6.45) is 4.30. The number of nitrogens with zero attached hydrogens (tertiary/aromatic N) is 4. The first-order chi connectivity index (χ1) is 10.1. The molecule has 0 aromatic carbocycles. The van der Waals surface area contributed by atoms with E-state index in [1.807, 2.05) is 19.1 Å². The number of hydrogen-bond acceptors (Lipinski definition) is 3. The summed E-state index contributed by atoms with van der Waals surface area (Å²) in [4.78, 5) is 8.83. The summed E-state index contributed by atoms with van der Waals surface area (Å²) < 4.78 is 1.65. The second-order valence-corrected chi connectivity index (χ2v) is 5.10. The van der Waals surface area contributed by atoms with E-state index < -0.39 is 0 Å². The fourth-order valence-corrected chi connectivity index (χ4v) is 1.93. The lowest BCUT2D eigenvalue weighted by molar-refractivity contribution is 0.807. The molecular weight excluding hydrogens is 288 g/mol. The highest BCUT2D eigenvalue weighted by Gasteiger charge is 2.08. The van der Waals surface area contributed by atoms with Crippen LogP contribution in [-0.4, -0.2) is 27.3 Å². The maximum Gasteiger partial charge on any atom is 0.188 e. The van der Waals surface area contributed by atoms with Crippen LogP contribution in [-0.2, 0) is 6.54 Å². The van der Waals surface area contributed by atoms with Crippen molar-refractivity contribution in [3.05, 3.63) is 40.8 Å². The lowest BCUT2D eigenvalue weighted by Gasteiger charge is -2.09. The van der Waals surface area contributed by atoms with Gasteiger partial charge in [0.05, 0.1) is 24.0 Å². The van der Waals surface area contributed by atoms with Gasteiger partial charge in [0.1, 0.15) is 0 Å². The molecule has 0 bridgehead atoms. The molecule has 6 nitrogen and oxygen atoms in total. The molecule has 7 heteroatoms. The predicted octanol–water partition coefficient (Wildman–Crippen LogP) is 2.04. The monoisotopic (exact) mass is 306 g/mol. The normalized spacial score (nSPS) is 11.7. The number of nitrogens with one attached hydrogen (secondary N) is 1. The van der Waals surface area contributed by atoms with Crippen LogP contribution in [0.15, 0.2) is 29.5 Å². The average Bonchev–Trinajstić information content (AvgIpc) is 2.90. The van der Waals surface area contributed by atoms with E-state index in [0.717, 1.165) is 24.2 Å². The first kappa shape index (κ1) is 15.3. The van der Waals surface area contributed by atoms with Gasteiger partial charge in [0.2, 0.25) is 0 Å². The molecule has 2 aromatic heterocycles. The summed E-state index contributed by atoms with van der Waals surface area (Å²) in [6, 6.07) is 3.92. The third-order valence-corrected chi connectivity index (χ3v) is 3.03. The number of pyridine rings is 1. The van der Waals surface area contributed by atoms with Crippen molar-refractivity contribution >= 4 is 17.6 Å². The summed E-state index contributed by atoms with van der Waals surface area (Å²) >= 11 is 5.92. The molecule has 0 amide bonds. The van der Waals surface area contributed by atoms with E-state index in [-0.39, 0.29) is 0 Å². The van der Waals surface area contributed by atoms with E-state index >= 15 is 0 Å². The fourth-order valence-electron chi connectivity index (χ4n) is 1.79. The van der Waals surface area contributed by atoms with Crippen LogP contribution in [0.25, 0.3) is 5.82 Å². The molecule has 0 aliphatic carbocycles. The minimum absolute atomic E-state index is 0.432. The van der Waals surface area contributed by atoms with Crippen LogP contribution in [0.5, 0.6) is 0 Å². The third-order valence-electron chi connectivity index (χ3n) is 2.84. The maximum absolute atomic E-state index is 5.92. The summed E-state index contributed by atoms with van der Waals surface area (Å²) in [5, 5.41) is 7.80. The zero-order chi connectivity index (χ0) is 15.2. The quantitative estimate of drug-likeness (QED) is 0.654. The number of aromatic nitrogens is 3. The van der Waals surface area contributed by atoms with E-state index in [0.29, 0.717) is 23.3 Å². The predicted molar refractivity (Wildman–Crippen MR) is 84.7 cm³/mol. The Hall–Kier alpha value is -2.08. The van der Waals surface area contributed by atoms with Crippen LogP contribution in [0.2, 0.25) is 5.02 Å². The molecule has 3 N–H and O–H groups in total. The van der Waals surface area contributed by atoms with Crippen molar-refractivity contribution < 1.29 is 0 Å². The van der Waals surface area contributed by atoms with E-state index in [2.05, 4.69) is 27.3 Å². The standard InChI is InChI=1S/C14H19ClN6/c1-3-6-17-14(16)18-7-11-5-4-10(2)20-13(11)21-9-12(15)8-19-21/h4-5,8-9H,3,6-7H2,1-2H3,(H3,16,17,18). The lowest BCUT2D eigenvalue weighted by atomic mass is 10.2. The number of aliphatic imine (C=N–C) groups is 1. The Morgan fingerprint density at radius 3 is 2.95 bits per heavy atom. The number of guanidine groups is 1. The molecule has 21 heavy (non-hydrogen) atoms. The van der Waals surface area contributed by atoms with Crippen LogP contribution in [0.3, 0.4) is 0 Å². The van der Waals surface area contributed by atoms with Crippen molar-refractivity contribution in [2.45, 2.75) is 26.8 Å². The Labute approximate surface area is 129 Å². The Kier molecular flexibility index (Phi) is 5.16. The molecule has 0 atom stereocenters. The molecule has 0 unspecified atom stereocenters. The maximum atomic E-state index is 5.92. The molecule has 0 fully saturated rings. The van der Waals surface area contributed by atoms with Crippen molar-refractivity contribution in [1.82, 2.24) is 20.1 Å². The SMILES string of the molecule is CCCNC(N)=NCc1ccc(C)nc1-n1cc(Cl)cn1. The van der Waals surface area contributed by atoms with Crippen molar-refractivity contribution in [1.29, 1.82) is 0 Å². The Morgan fingerprint density at radius 1 is 1.48 bits per heavy atom. The molecule has 112 valence electrons. The zero-order valence-electron chi connectivity index (χ0n) is 12.2. The molecular formula is C14H19ClN6. The van der Waals surface area contributed by atoms with Crippen LogP contribution < -0.4 is 11.1 Å².